The molecular formula is C20H19NO4S. The summed E-state index contributed by atoms with van der Waals surface area (Å²) >= 11 is 1.35. The number of nitrogens with one attached hydrogen (secondary N) is 1. The standard InChI is InChI=1S/C20H19NO4S/c1-3-24-16-10-6-5-9-15(16)21-19(22)13(2)25-20(23)18-12-14-8-4-7-11-17(14)26-18/h4-13H,3H2,1-2H3,(H,21,22). The van der Waals surface area contributed by atoms with Gasteiger partial charge in [-0.15, -0.1) is 11.3 Å². The molecule has 1 unspecified atom stereocenters. The molecule has 0 aliphatic carbocycles. The Bertz CT molecular complexity index is 901. The Morgan fingerprint density at radius 2 is 1.85 bits per heavy atom. The van der Waals surface area contributed by atoms with Gasteiger partial charge in [0.1, 0.15) is 10.6 Å². The van der Waals surface area contributed by atoms with Crippen LogP contribution in [0.15, 0.2) is 54.6 Å². The summed E-state index contributed by atoms with van der Waals surface area (Å²) in [6.07, 6.45) is -0.928. The van der Waals surface area contributed by atoms with Crippen molar-refractivity contribution < 1.29 is 19.1 Å². The summed E-state index contributed by atoms with van der Waals surface area (Å²) in [6.45, 7) is 3.90. The molecule has 3 rings (SSSR count). The van der Waals surface area contributed by atoms with E-state index in [0.717, 1.165) is 10.1 Å². The lowest BCUT2D eigenvalue weighted by Gasteiger charge is -2.15. The molecule has 2 aromatic carbocycles. The van der Waals surface area contributed by atoms with Crippen LogP contribution in [0.5, 0.6) is 5.75 Å². The van der Waals surface area contributed by atoms with E-state index in [0.29, 0.717) is 22.9 Å². The molecule has 0 aliphatic rings. The predicted octanol–water partition coefficient (Wildman–Crippen LogP) is 4.48. The molecule has 0 spiro atoms. The zero-order valence-electron chi connectivity index (χ0n) is 14.5. The number of anilines is 1. The van der Waals surface area contributed by atoms with E-state index in [4.69, 9.17) is 9.47 Å². The minimum absolute atomic E-state index is 0.411. The summed E-state index contributed by atoms with van der Waals surface area (Å²) in [5, 5.41) is 3.72. The summed E-state index contributed by atoms with van der Waals surface area (Å²) in [6, 6.07) is 16.6. The monoisotopic (exact) mass is 369 g/mol. The lowest BCUT2D eigenvalue weighted by atomic mass is 10.2. The van der Waals surface area contributed by atoms with Crippen LogP contribution < -0.4 is 10.1 Å². The van der Waals surface area contributed by atoms with Gasteiger partial charge in [-0.3, -0.25) is 4.79 Å². The van der Waals surface area contributed by atoms with Gasteiger partial charge >= 0.3 is 5.97 Å². The Morgan fingerprint density at radius 3 is 2.62 bits per heavy atom. The maximum Gasteiger partial charge on any atom is 0.349 e. The van der Waals surface area contributed by atoms with E-state index in [1.165, 1.54) is 11.3 Å². The van der Waals surface area contributed by atoms with Gasteiger partial charge in [0.25, 0.3) is 5.91 Å². The van der Waals surface area contributed by atoms with E-state index in [-0.39, 0.29) is 0 Å². The maximum atomic E-state index is 12.4. The smallest absolute Gasteiger partial charge is 0.349 e. The molecule has 0 aliphatic heterocycles. The highest BCUT2D eigenvalue weighted by Crippen LogP contribution is 2.27. The van der Waals surface area contributed by atoms with E-state index < -0.39 is 18.0 Å². The van der Waals surface area contributed by atoms with Crippen molar-refractivity contribution >= 4 is 39.0 Å². The zero-order valence-corrected chi connectivity index (χ0v) is 15.3. The molecule has 26 heavy (non-hydrogen) atoms. The van der Waals surface area contributed by atoms with Gasteiger partial charge in [0.15, 0.2) is 6.10 Å². The van der Waals surface area contributed by atoms with Gasteiger partial charge in [-0.2, -0.15) is 0 Å². The molecule has 5 nitrogen and oxygen atoms in total. The average molecular weight is 369 g/mol. The van der Waals surface area contributed by atoms with Gasteiger partial charge in [0, 0.05) is 4.70 Å². The van der Waals surface area contributed by atoms with Gasteiger partial charge in [-0.1, -0.05) is 30.3 Å². The Labute approximate surface area is 155 Å². The van der Waals surface area contributed by atoms with E-state index >= 15 is 0 Å². The molecule has 0 saturated carbocycles. The second-order valence-corrected chi connectivity index (χ2v) is 6.70. The van der Waals surface area contributed by atoms with Crippen LogP contribution in [-0.2, 0) is 9.53 Å². The number of para-hydroxylation sites is 2. The van der Waals surface area contributed by atoms with Crippen LogP contribution in [-0.4, -0.2) is 24.6 Å². The van der Waals surface area contributed by atoms with Crippen LogP contribution in [0.25, 0.3) is 10.1 Å². The van der Waals surface area contributed by atoms with Crippen molar-refractivity contribution in [1.29, 1.82) is 0 Å². The number of hydrogen-bond donors (Lipinski definition) is 1. The van der Waals surface area contributed by atoms with E-state index in [1.807, 2.05) is 37.3 Å². The lowest BCUT2D eigenvalue weighted by molar-refractivity contribution is -0.123. The van der Waals surface area contributed by atoms with Crippen molar-refractivity contribution in [1.82, 2.24) is 0 Å². The first-order valence-corrected chi connectivity index (χ1v) is 9.12. The van der Waals surface area contributed by atoms with Crippen molar-refractivity contribution in [3.8, 4) is 5.75 Å². The van der Waals surface area contributed by atoms with Crippen molar-refractivity contribution in [2.75, 3.05) is 11.9 Å². The number of amides is 1. The van der Waals surface area contributed by atoms with E-state index in [1.54, 1.807) is 31.2 Å². The number of carbonyl (C=O) groups excluding carboxylic acids is 2. The van der Waals surface area contributed by atoms with Crippen LogP contribution in [0.3, 0.4) is 0 Å². The largest absolute Gasteiger partial charge is 0.492 e. The molecule has 1 N–H and O–H groups in total. The highest BCUT2D eigenvalue weighted by atomic mass is 32.1. The van der Waals surface area contributed by atoms with E-state index in [2.05, 4.69) is 5.32 Å². The summed E-state index contributed by atoms with van der Waals surface area (Å²) in [5.41, 5.74) is 0.545. The van der Waals surface area contributed by atoms with Gasteiger partial charge in [0.05, 0.1) is 12.3 Å². The molecule has 1 amide bonds. The first kappa shape index (κ1) is 17.9. The number of benzene rings is 2. The fourth-order valence-corrected chi connectivity index (χ4v) is 3.39. The maximum absolute atomic E-state index is 12.4. The quantitative estimate of drug-likeness (QED) is 0.651. The third-order valence-corrected chi connectivity index (χ3v) is 4.82. The zero-order chi connectivity index (χ0) is 18.5. The Hall–Kier alpha value is -2.86. The first-order chi connectivity index (χ1) is 12.6. The van der Waals surface area contributed by atoms with Gasteiger partial charge in [0.2, 0.25) is 0 Å². The summed E-state index contributed by atoms with van der Waals surface area (Å²) in [4.78, 5) is 25.2. The summed E-state index contributed by atoms with van der Waals surface area (Å²) in [7, 11) is 0. The Balaban J connectivity index is 1.66. The van der Waals surface area contributed by atoms with Crippen LogP contribution in [0.2, 0.25) is 0 Å². The predicted molar refractivity (Wildman–Crippen MR) is 103 cm³/mol. The summed E-state index contributed by atoms with van der Waals surface area (Å²) < 4.78 is 11.8. The molecule has 0 saturated heterocycles. The van der Waals surface area contributed by atoms with Crippen LogP contribution in [0.1, 0.15) is 23.5 Å². The lowest BCUT2D eigenvalue weighted by Crippen LogP contribution is -2.30. The third-order valence-electron chi connectivity index (χ3n) is 3.72. The average Bonchev–Trinajstić information content (AvgIpc) is 3.08. The third kappa shape index (κ3) is 4.03. The van der Waals surface area contributed by atoms with Gasteiger partial charge in [-0.05, 0) is 43.5 Å². The second kappa shape index (κ2) is 8.01. The Kier molecular flexibility index (Phi) is 5.53. The summed E-state index contributed by atoms with van der Waals surface area (Å²) in [5.74, 6) is -0.343. The van der Waals surface area contributed by atoms with Gasteiger partial charge in [-0.25, -0.2) is 4.79 Å². The molecule has 0 fully saturated rings. The van der Waals surface area contributed by atoms with Crippen molar-refractivity contribution in [2.24, 2.45) is 0 Å². The molecule has 3 aromatic rings. The number of thiophene rings is 1. The molecule has 134 valence electrons. The van der Waals surface area contributed by atoms with Crippen LogP contribution >= 0.6 is 11.3 Å². The molecule has 1 aromatic heterocycles. The number of ether oxygens (including phenoxy) is 2. The van der Waals surface area contributed by atoms with Crippen LogP contribution in [0, 0.1) is 0 Å². The fourth-order valence-electron chi connectivity index (χ4n) is 2.44. The minimum atomic E-state index is -0.928. The fraction of sp³-hybridized carbons (Fsp3) is 0.200. The highest BCUT2D eigenvalue weighted by molar-refractivity contribution is 7.20. The molecule has 6 heteroatoms. The normalized spacial score (nSPS) is 11.8. The SMILES string of the molecule is CCOc1ccccc1NC(=O)C(C)OC(=O)c1cc2ccccc2s1. The number of esters is 1. The molecule has 1 heterocycles. The number of fused-ring (bicyclic) bond motifs is 1. The number of hydrogen-bond acceptors (Lipinski definition) is 5. The van der Waals surface area contributed by atoms with Crippen molar-refractivity contribution in [2.45, 2.75) is 20.0 Å². The topological polar surface area (TPSA) is 64.6 Å². The number of rotatable bonds is 6. The Morgan fingerprint density at radius 1 is 1.12 bits per heavy atom. The molecule has 0 bridgehead atoms. The number of carbonyl (C=O) groups is 2. The first-order valence-electron chi connectivity index (χ1n) is 8.30. The van der Waals surface area contributed by atoms with Gasteiger partial charge < -0.3 is 14.8 Å². The molecular weight excluding hydrogens is 350 g/mol. The molecule has 1 atom stereocenters. The highest BCUT2D eigenvalue weighted by Gasteiger charge is 2.21. The van der Waals surface area contributed by atoms with E-state index in [9.17, 15) is 9.59 Å². The molecule has 0 radical (unpaired) electrons. The van der Waals surface area contributed by atoms with Crippen LogP contribution in [0.4, 0.5) is 5.69 Å². The van der Waals surface area contributed by atoms with Crippen molar-refractivity contribution in [3.63, 3.8) is 0 Å². The van der Waals surface area contributed by atoms with Crippen molar-refractivity contribution in [3.05, 3.63) is 59.5 Å². The minimum Gasteiger partial charge on any atom is -0.492 e. The second-order valence-electron chi connectivity index (χ2n) is 5.61.